The predicted molar refractivity (Wildman–Crippen MR) is 109 cm³/mol. The first-order chi connectivity index (χ1) is 13.2. The Morgan fingerprint density at radius 1 is 1.00 bits per heavy atom. The van der Waals surface area contributed by atoms with Crippen LogP contribution < -0.4 is 9.75 Å². The second kappa shape index (κ2) is 7.33. The maximum atomic E-state index is 10.3. The molecule has 1 heterocycles. The molecule has 0 fully saturated rings. The van der Waals surface area contributed by atoms with Crippen LogP contribution in [-0.4, -0.2) is 17.9 Å². The van der Waals surface area contributed by atoms with Crippen molar-refractivity contribution < 1.29 is 9.84 Å². The van der Waals surface area contributed by atoms with Crippen molar-refractivity contribution in [3.05, 3.63) is 88.9 Å². The van der Waals surface area contributed by atoms with Gasteiger partial charge in [0, 0.05) is 22.6 Å². The van der Waals surface area contributed by atoms with Crippen LogP contribution in [0.1, 0.15) is 23.6 Å². The number of nitrogens with zero attached hydrogens (tertiary/aromatic N) is 2. The SMILES string of the molecule is COc1ccccc1C1CC(c2ccccc2O)=NN1c1ccc(Cl)cc1. The number of phenolic OH excluding ortho intramolecular Hbond substituents is 1. The van der Waals surface area contributed by atoms with Gasteiger partial charge in [0.05, 0.1) is 24.6 Å². The predicted octanol–water partition coefficient (Wildman–Crippen LogP) is 5.41. The second-order valence-electron chi connectivity index (χ2n) is 6.35. The van der Waals surface area contributed by atoms with Gasteiger partial charge in [-0.1, -0.05) is 41.9 Å². The molecule has 3 aromatic carbocycles. The van der Waals surface area contributed by atoms with Gasteiger partial charge in [-0.25, -0.2) is 0 Å². The highest BCUT2D eigenvalue weighted by Crippen LogP contribution is 2.41. The number of hydrogen-bond donors (Lipinski definition) is 1. The van der Waals surface area contributed by atoms with Crippen LogP contribution in [0, 0.1) is 0 Å². The molecule has 0 aromatic heterocycles. The van der Waals surface area contributed by atoms with Crippen molar-refractivity contribution in [3.8, 4) is 11.5 Å². The van der Waals surface area contributed by atoms with E-state index in [1.54, 1.807) is 13.2 Å². The van der Waals surface area contributed by atoms with Gasteiger partial charge in [0.1, 0.15) is 11.5 Å². The second-order valence-corrected chi connectivity index (χ2v) is 6.78. The van der Waals surface area contributed by atoms with Gasteiger partial charge in [0.2, 0.25) is 0 Å². The first kappa shape index (κ1) is 17.4. The van der Waals surface area contributed by atoms with Gasteiger partial charge in [-0.05, 0) is 42.5 Å². The summed E-state index contributed by atoms with van der Waals surface area (Å²) < 4.78 is 5.58. The molecule has 136 valence electrons. The maximum absolute atomic E-state index is 10.3. The molecule has 0 saturated carbocycles. The highest BCUT2D eigenvalue weighted by atomic mass is 35.5. The number of halogens is 1. The first-order valence-corrected chi connectivity index (χ1v) is 9.08. The van der Waals surface area contributed by atoms with Crippen LogP contribution in [0.4, 0.5) is 5.69 Å². The number of phenols is 1. The smallest absolute Gasteiger partial charge is 0.124 e. The lowest BCUT2D eigenvalue weighted by Crippen LogP contribution is -2.19. The number of para-hydroxylation sites is 2. The molecule has 0 saturated heterocycles. The Bertz CT molecular complexity index is 986. The number of ether oxygens (including phenoxy) is 1. The van der Waals surface area contributed by atoms with E-state index >= 15 is 0 Å². The molecular formula is C22H19ClN2O2. The van der Waals surface area contributed by atoms with Crippen LogP contribution in [0.3, 0.4) is 0 Å². The molecule has 0 spiro atoms. The minimum atomic E-state index is -0.0445. The third-order valence-corrected chi connectivity index (χ3v) is 4.97. The minimum absolute atomic E-state index is 0.0445. The molecule has 0 radical (unpaired) electrons. The van der Waals surface area contributed by atoms with Gasteiger partial charge >= 0.3 is 0 Å². The lowest BCUT2D eigenvalue weighted by Gasteiger charge is -2.25. The Morgan fingerprint density at radius 3 is 2.44 bits per heavy atom. The number of hydrogen-bond acceptors (Lipinski definition) is 4. The zero-order valence-electron chi connectivity index (χ0n) is 14.8. The summed E-state index contributed by atoms with van der Waals surface area (Å²) >= 11 is 6.06. The minimum Gasteiger partial charge on any atom is -0.507 e. The van der Waals surface area contributed by atoms with Crippen molar-refractivity contribution in [2.75, 3.05) is 12.1 Å². The number of benzene rings is 3. The van der Waals surface area contributed by atoms with Crippen molar-refractivity contribution in [2.24, 2.45) is 5.10 Å². The van der Waals surface area contributed by atoms with E-state index in [-0.39, 0.29) is 11.8 Å². The van der Waals surface area contributed by atoms with E-state index in [9.17, 15) is 5.11 Å². The molecule has 3 aromatic rings. The zero-order chi connectivity index (χ0) is 18.8. The van der Waals surface area contributed by atoms with Gasteiger partial charge in [-0.2, -0.15) is 5.10 Å². The van der Waals surface area contributed by atoms with Crippen LogP contribution in [0.25, 0.3) is 0 Å². The van der Waals surface area contributed by atoms with E-state index in [2.05, 4.69) is 6.07 Å². The molecular weight excluding hydrogens is 360 g/mol. The zero-order valence-corrected chi connectivity index (χ0v) is 15.6. The summed E-state index contributed by atoms with van der Waals surface area (Å²) in [6.45, 7) is 0. The maximum Gasteiger partial charge on any atom is 0.124 e. The fourth-order valence-electron chi connectivity index (χ4n) is 3.41. The lowest BCUT2D eigenvalue weighted by molar-refractivity contribution is 0.405. The summed E-state index contributed by atoms with van der Waals surface area (Å²) in [6.07, 6.45) is 0.653. The van der Waals surface area contributed by atoms with Gasteiger partial charge in [0.25, 0.3) is 0 Å². The van der Waals surface area contributed by atoms with Crippen molar-refractivity contribution in [3.63, 3.8) is 0 Å². The Kier molecular flexibility index (Phi) is 4.73. The quantitative estimate of drug-likeness (QED) is 0.660. The summed E-state index contributed by atoms with van der Waals surface area (Å²) in [5.41, 5.74) is 3.55. The van der Waals surface area contributed by atoms with Crippen molar-refractivity contribution >= 4 is 23.0 Å². The highest BCUT2D eigenvalue weighted by Gasteiger charge is 2.32. The average molecular weight is 379 g/mol. The number of hydrazone groups is 1. The number of rotatable bonds is 4. The summed E-state index contributed by atoms with van der Waals surface area (Å²) in [7, 11) is 1.67. The topological polar surface area (TPSA) is 45.1 Å². The molecule has 0 amide bonds. The third kappa shape index (κ3) is 3.36. The normalized spacial score (nSPS) is 16.3. The van der Waals surface area contributed by atoms with Gasteiger partial charge in [0.15, 0.2) is 0 Å². The fourth-order valence-corrected chi connectivity index (χ4v) is 3.53. The Hall–Kier alpha value is -2.98. The standard InChI is InChI=1S/C22H19ClN2O2/c1-27-22-9-5-3-7-18(22)20-14-19(17-6-2-4-8-21(17)26)24-25(20)16-12-10-15(23)11-13-16/h2-13,20,26H,14H2,1H3. The largest absolute Gasteiger partial charge is 0.507 e. The Morgan fingerprint density at radius 2 is 1.70 bits per heavy atom. The van der Waals surface area contributed by atoms with Crippen LogP contribution in [0.2, 0.25) is 5.02 Å². The number of aromatic hydroxyl groups is 1. The van der Waals surface area contributed by atoms with Crippen LogP contribution in [-0.2, 0) is 0 Å². The Labute approximate surface area is 163 Å². The first-order valence-electron chi connectivity index (χ1n) is 8.71. The van der Waals surface area contributed by atoms with E-state index in [1.165, 1.54) is 0 Å². The monoisotopic (exact) mass is 378 g/mol. The van der Waals surface area contributed by atoms with Gasteiger partial charge in [-0.15, -0.1) is 0 Å². The Balaban J connectivity index is 1.80. The summed E-state index contributed by atoms with van der Waals surface area (Å²) in [6, 6.07) is 22.8. The third-order valence-electron chi connectivity index (χ3n) is 4.71. The average Bonchev–Trinajstić information content (AvgIpc) is 3.14. The summed E-state index contributed by atoms with van der Waals surface area (Å²) in [5, 5.41) is 17.8. The van der Waals surface area contributed by atoms with E-state index in [0.717, 1.165) is 28.3 Å². The lowest BCUT2D eigenvalue weighted by atomic mass is 9.97. The van der Waals surface area contributed by atoms with Crippen molar-refractivity contribution in [1.29, 1.82) is 0 Å². The molecule has 1 aliphatic heterocycles. The molecule has 1 atom stereocenters. The van der Waals surface area contributed by atoms with Crippen molar-refractivity contribution in [1.82, 2.24) is 0 Å². The van der Waals surface area contributed by atoms with Crippen LogP contribution >= 0.6 is 11.6 Å². The molecule has 1 aliphatic rings. The molecule has 4 nitrogen and oxygen atoms in total. The molecule has 5 heteroatoms. The molecule has 0 aliphatic carbocycles. The fraction of sp³-hybridized carbons (Fsp3) is 0.136. The van der Waals surface area contributed by atoms with E-state index in [0.29, 0.717) is 11.4 Å². The van der Waals surface area contributed by atoms with E-state index in [1.807, 2.05) is 65.7 Å². The van der Waals surface area contributed by atoms with E-state index in [4.69, 9.17) is 21.4 Å². The molecule has 27 heavy (non-hydrogen) atoms. The molecule has 4 rings (SSSR count). The number of methoxy groups -OCH3 is 1. The van der Waals surface area contributed by atoms with Crippen LogP contribution in [0.15, 0.2) is 77.9 Å². The van der Waals surface area contributed by atoms with Gasteiger partial charge in [-0.3, -0.25) is 5.01 Å². The summed E-state index contributed by atoms with van der Waals surface area (Å²) in [4.78, 5) is 0. The summed E-state index contributed by atoms with van der Waals surface area (Å²) in [5.74, 6) is 1.04. The van der Waals surface area contributed by atoms with Crippen molar-refractivity contribution in [2.45, 2.75) is 12.5 Å². The molecule has 1 unspecified atom stereocenters. The molecule has 1 N–H and O–H groups in total. The number of anilines is 1. The van der Waals surface area contributed by atoms with E-state index < -0.39 is 0 Å². The highest BCUT2D eigenvalue weighted by molar-refractivity contribution is 6.30. The molecule has 0 bridgehead atoms. The van der Waals surface area contributed by atoms with Crippen LogP contribution in [0.5, 0.6) is 11.5 Å². The van der Waals surface area contributed by atoms with Gasteiger partial charge < -0.3 is 9.84 Å².